The smallest absolute Gasteiger partial charge is 0.198 e. The van der Waals surface area contributed by atoms with Crippen molar-refractivity contribution >= 4 is 39.3 Å². The fourth-order valence-corrected chi connectivity index (χ4v) is 4.79. The quantitative estimate of drug-likeness (QED) is 0.322. The summed E-state index contributed by atoms with van der Waals surface area (Å²) >= 11 is 6.21. The molecule has 0 atom stereocenters. The van der Waals surface area contributed by atoms with E-state index in [-0.39, 0.29) is 5.78 Å². The molecule has 0 saturated carbocycles. The Kier molecular flexibility index (Phi) is 3.95. The summed E-state index contributed by atoms with van der Waals surface area (Å²) in [7, 11) is 0. The van der Waals surface area contributed by atoms with E-state index in [2.05, 4.69) is 9.97 Å². The van der Waals surface area contributed by atoms with Gasteiger partial charge in [-0.1, -0.05) is 48.0 Å². The Balaban J connectivity index is 1.56. The second-order valence-corrected chi connectivity index (χ2v) is 8.53. The standard InChI is InChI=1S/C27H14ClN5O/c28-15-9-10-18-21(13-15)29-12-11-23(18)33-26-16-5-1-2-6-17(16)27(34)24(26)25(32-33)22-14-30-19-7-3-4-8-20(19)31-22/h1-14H. The number of carbonyl (C=O) groups excluding carboxylic acids is 1. The van der Waals surface area contributed by atoms with Crippen LogP contribution in [0.25, 0.3) is 50.3 Å². The van der Waals surface area contributed by atoms with Gasteiger partial charge in [-0.05, 0) is 36.4 Å². The number of carbonyl (C=O) groups is 1. The molecule has 160 valence electrons. The molecule has 0 unspecified atom stereocenters. The van der Waals surface area contributed by atoms with E-state index < -0.39 is 0 Å². The number of pyridine rings is 1. The van der Waals surface area contributed by atoms with Crippen molar-refractivity contribution in [2.75, 3.05) is 0 Å². The topological polar surface area (TPSA) is 73.6 Å². The third-order valence-electron chi connectivity index (χ3n) is 6.14. The van der Waals surface area contributed by atoms with E-state index in [0.717, 1.165) is 38.9 Å². The molecular formula is C27H14ClN5O. The summed E-state index contributed by atoms with van der Waals surface area (Å²) in [5.41, 5.74) is 6.92. The highest BCUT2D eigenvalue weighted by Crippen LogP contribution is 2.43. The van der Waals surface area contributed by atoms with Crippen LogP contribution in [0, 0.1) is 0 Å². The van der Waals surface area contributed by atoms with Gasteiger partial charge in [-0.2, -0.15) is 5.10 Å². The summed E-state index contributed by atoms with van der Waals surface area (Å²) in [4.78, 5) is 27.4. The van der Waals surface area contributed by atoms with Gasteiger partial charge in [0.15, 0.2) is 5.78 Å². The Labute approximate surface area is 198 Å². The van der Waals surface area contributed by atoms with Gasteiger partial charge in [0.1, 0.15) is 11.4 Å². The fraction of sp³-hybridized carbons (Fsp3) is 0. The van der Waals surface area contributed by atoms with E-state index in [4.69, 9.17) is 21.7 Å². The van der Waals surface area contributed by atoms with Crippen LogP contribution in [-0.4, -0.2) is 30.5 Å². The lowest BCUT2D eigenvalue weighted by molar-refractivity contribution is 0.104. The monoisotopic (exact) mass is 459 g/mol. The predicted molar refractivity (Wildman–Crippen MR) is 131 cm³/mol. The molecule has 3 aromatic carbocycles. The average Bonchev–Trinajstić information content (AvgIpc) is 3.40. The molecule has 0 bridgehead atoms. The summed E-state index contributed by atoms with van der Waals surface area (Å²) in [5, 5.41) is 6.42. The van der Waals surface area contributed by atoms with Crippen molar-refractivity contribution in [2.45, 2.75) is 0 Å². The van der Waals surface area contributed by atoms with Crippen LogP contribution < -0.4 is 0 Å². The highest BCUT2D eigenvalue weighted by atomic mass is 35.5. The van der Waals surface area contributed by atoms with Gasteiger partial charge in [0.25, 0.3) is 0 Å². The molecule has 34 heavy (non-hydrogen) atoms. The fourth-order valence-electron chi connectivity index (χ4n) is 4.62. The van der Waals surface area contributed by atoms with E-state index in [1.54, 1.807) is 12.4 Å². The highest BCUT2D eigenvalue weighted by Gasteiger charge is 2.36. The van der Waals surface area contributed by atoms with E-state index in [0.29, 0.717) is 27.5 Å². The maximum atomic E-state index is 13.6. The number of ketones is 1. The van der Waals surface area contributed by atoms with Crippen molar-refractivity contribution < 1.29 is 4.79 Å². The van der Waals surface area contributed by atoms with Gasteiger partial charge in [0.2, 0.25) is 0 Å². The van der Waals surface area contributed by atoms with E-state index in [1.165, 1.54) is 0 Å². The van der Waals surface area contributed by atoms with Gasteiger partial charge in [-0.25, -0.2) is 9.67 Å². The Morgan fingerprint density at radius 3 is 2.47 bits per heavy atom. The van der Waals surface area contributed by atoms with Crippen LogP contribution in [0.15, 0.2) is 85.2 Å². The Morgan fingerprint density at radius 1 is 0.794 bits per heavy atom. The summed E-state index contributed by atoms with van der Waals surface area (Å²) < 4.78 is 1.82. The minimum Gasteiger partial charge on any atom is -0.288 e. The van der Waals surface area contributed by atoms with E-state index in [1.807, 2.05) is 77.5 Å². The van der Waals surface area contributed by atoms with Crippen LogP contribution in [-0.2, 0) is 0 Å². The largest absolute Gasteiger partial charge is 0.288 e. The number of halogens is 1. The average molecular weight is 460 g/mol. The minimum absolute atomic E-state index is 0.0665. The second-order valence-electron chi connectivity index (χ2n) is 8.09. The van der Waals surface area contributed by atoms with Crippen molar-refractivity contribution in [1.29, 1.82) is 0 Å². The predicted octanol–water partition coefficient (Wildman–Crippen LogP) is 5.90. The maximum Gasteiger partial charge on any atom is 0.198 e. The number of rotatable bonds is 2. The molecule has 6 aromatic rings. The Bertz CT molecular complexity index is 1810. The number of aromatic nitrogens is 5. The van der Waals surface area contributed by atoms with Crippen LogP contribution in [0.3, 0.4) is 0 Å². The summed E-state index contributed by atoms with van der Waals surface area (Å²) in [6.07, 6.45) is 3.40. The van der Waals surface area contributed by atoms with Crippen molar-refractivity contribution in [1.82, 2.24) is 24.7 Å². The second kappa shape index (κ2) is 7.04. The van der Waals surface area contributed by atoms with Gasteiger partial charge < -0.3 is 0 Å². The van der Waals surface area contributed by atoms with E-state index in [9.17, 15) is 4.79 Å². The molecule has 0 radical (unpaired) electrons. The molecule has 3 heterocycles. The van der Waals surface area contributed by atoms with Crippen LogP contribution in [0.5, 0.6) is 0 Å². The van der Waals surface area contributed by atoms with Gasteiger partial charge in [0, 0.05) is 27.7 Å². The molecule has 0 N–H and O–H groups in total. The first-order valence-corrected chi connectivity index (χ1v) is 11.1. The molecular weight excluding hydrogens is 446 g/mol. The number of hydrogen-bond donors (Lipinski definition) is 0. The SMILES string of the molecule is O=C1c2ccccc2-c2c1c(-c1cnc3ccccc3n1)nn2-c1ccnc2cc(Cl)ccc12. The van der Waals surface area contributed by atoms with Gasteiger partial charge in [-0.15, -0.1) is 0 Å². The van der Waals surface area contributed by atoms with Crippen LogP contribution in [0.2, 0.25) is 5.02 Å². The van der Waals surface area contributed by atoms with Crippen LogP contribution in [0.4, 0.5) is 0 Å². The zero-order chi connectivity index (χ0) is 22.8. The van der Waals surface area contributed by atoms with Crippen molar-refractivity contribution in [3.63, 3.8) is 0 Å². The number of para-hydroxylation sites is 2. The van der Waals surface area contributed by atoms with Gasteiger partial charge in [0.05, 0.1) is 39.7 Å². The lowest BCUT2D eigenvalue weighted by Crippen LogP contribution is -2.02. The van der Waals surface area contributed by atoms with Crippen molar-refractivity contribution in [3.05, 3.63) is 101 Å². The van der Waals surface area contributed by atoms with E-state index >= 15 is 0 Å². The molecule has 0 amide bonds. The molecule has 1 aliphatic carbocycles. The lowest BCUT2D eigenvalue weighted by Gasteiger charge is -2.10. The first-order valence-electron chi connectivity index (χ1n) is 10.7. The van der Waals surface area contributed by atoms with Gasteiger partial charge >= 0.3 is 0 Å². The number of nitrogens with zero attached hydrogens (tertiary/aromatic N) is 5. The van der Waals surface area contributed by atoms with Crippen LogP contribution in [0.1, 0.15) is 15.9 Å². The molecule has 0 fully saturated rings. The van der Waals surface area contributed by atoms with Crippen molar-refractivity contribution in [3.8, 4) is 28.3 Å². The molecule has 3 aromatic heterocycles. The normalized spacial score (nSPS) is 12.3. The Hall–Kier alpha value is -4.42. The molecule has 1 aliphatic rings. The highest BCUT2D eigenvalue weighted by molar-refractivity contribution is 6.31. The minimum atomic E-state index is -0.0665. The molecule has 7 heteroatoms. The third kappa shape index (κ3) is 2.66. The number of fused-ring (bicyclic) bond motifs is 5. The number of hydrogen-bond acceptors (Lipinski definition) is 5. The van der Waals surface area contributed by atoms with Crippen LogP contribution >= 0.6 is 11.6 Å². The molecule has 6 nitrogen and oxygen atoms in total. The molecule has 0 spiro atoms. The third-order valence-corrected chi connectivity index (χ3v) is 6.38. The van der Waals surface area contributed by atoms with Crippen molar-refractivity contribution in [2.24, 2.45) is 0 Å². The summed E-state index contributed by atoms with van der Waals surface area (Å²) in [6, 6.07) is 22.7. The molecule has 0 aliphatic heterocycles. The molecule has 0 saturated heterocycles. The molecule has 7 rings (SSSR count). The summed E-state index contributed by atoms with van der Waals surface area (Å²) in [6.45, 7) is 0. The summed E-state index contributed by atoms with van der Waals surface area (Å²) in [5.74, 6) is -0.0665. The number of benzene rings is 3. The Morgan fingerprint density at radius 2 is 1.59 bits per heavy atom. The first kappa shape index (κ1) is 19.1. The lowest BCUT2D eigenvalue weighted by atomic mass is 10.1. The maximum absolute atomic E-state index is 13.6. The zero-order valence-electron chi connectivity index (χ0n) is 17.6. The zero-order valence-corrected chi connectivity index (χ0v) is 18.4. The first-order chi connectivity index (χ1) is 16.7. The van der Waals surface area contributed by atoms with Gasteiger partial charge in [-0.3, -0.25) is 14.8 Å².